The number of para-hydroxylation sites is 1. The molecule has 8 heteroatoms. The van der Waals surface area contributed by atoms with Gasteiger partial charge >= 0.3 is 0 Å². The summed E-state index contributed by atoms with van der Waals surface area (Å²) < 4.78 is 32.0. The summed E-state index contributed by atoms with van der Waals surface area (Å²) in [7, 11) is -2.15. The highest BCUT2D eigenvalue weighted by Crippen LogP contribution is 2.18. The molecule has 0 aliphatic heterocycles. The molecule has 122 valence electrons. The highest BCUT2D eigenvalue weighted by molar-refractivity contribution is 7.89. The molecule has 0 radical (unpaired) electrons. The molecule has 0 unspecified atom stereocenters. The number of non-ortho nitro benzene ring substituents is 1. The van der Waals surface area contributed by atoms with Crippen molar-refractivity contribution in [3.8, 4) is 5.75 Å². The van der Waals surface area contributed by atoms with Gasteiger partial charge in [-0.25, -0.2) is 13.1 Å². The topological polar surface area (TPSA) is 98.5 Å². The lowest BCUT2D eigenvalue weighted by molar-refractivity contribution is -0.384. The zero-order valence-electron chi connectivity index (χ0n) is 12.4. The molecule has 0 heterocycles. The number of methoxy groups -OCH3 is 1. The third-order valence-electron chi connectivity index (χ3n) is 3.24. The van der Waals surface area contributed by atoms with Crippen LogP contribution in [0.5, 0.6) is 5.75 Å². The predicted molar refractivity (Wildman–Crippen MR) is 85.0 cm³/mol. The molecule has 0 aromatic heterocycles. The predicted octanol–water partition coefficient (Wildman–Crippen LogP) is 2.12. The fourth-order valence-electron chi connectivity index (χ4n) is 2.06. The Bertz CT molecular complexity index is 788. The third kappa shape index (κ3) is 4.27. The number of sulfonamides is 1. The number of hydrogen-bond acceptors (Lipinski definition) is 5. The average Bonchev–Trinajstić information content (AvgIpc) is 2.55. The minimum atomic E-state index is -3.71. The first-order valence-electron chi connectivity index (χ1n) is 6.80. The summed E-state index contributed by atoms with van der Waals surface area (Å²) in [4.78, 5) is 9.99. The van der Waals surface area contributed by atoms with Crippen molar-refractivity contribution in [3.05, 3.63) is 64.2 Å². The van der Waals surface area contributed by atoms with Gasteiger partial charge in [-0.3, -0.25) is 10.1 Å². The van der Waals surface area contributed by atoms with E-state index in [0.29, 0.717) is 12.2 Å². The monoisotopic (exact) mass is 336 g/mol. The lowest BCUT2D eigenvalue weighted by Gasteiger charge is -2.09. The Hall–Kier alpha value is -2.45. The Balaban J connectivity index is 2.02. The first-order valence-corrected chi connectivity index (χ1v) is 8.28. The Kier molecular flexibility index (Phi) is 5.30. The van der Waals surface area contributed by atoms with Crippen molar-refractivity contribution in [2.24, 2.45) is 0 Å². The quantitative estimate of drug-likeness (QED) is 0.617. The standard InChI is InChI=1S/C15H16N2O5S/c1-22-15-5-3-2-4-12(15)10-11-16-23(20,21)14-8-6-13(7-9-14)17(18)19/h2-9,16H,10-11H2,1H3. The Morgan fingerprint density at radius 2 is 1.78 bits per heavy atom. The Morgan fingerprint density at radius 1 is 1.13 bits per heavy atom. The second-order valence-electron chi connectivity index (χ2n) is 4.71. The number of nitro benzene ring substituents is 1. The van der Waals surface area contributed by atoms with Gasteiger partial charge in [0.05, 0.1) is 16.9 Å². The van der Waals surface area contributed by atoms with Crippen LogP contribution >= 0.6 is 0 Å². The molecule has 23 heavy (non-hydrogen) atoms. The molecule has 0 saturated heterocycles. The minimum Gasteiger partial charge on any atom is -0.496 e. The average molecular weight is 336 g/mol. The van der Waals surface area contributed by atoms with Crippen molar-refractivity contribution in [1.29, 1.82) is 0 Å². The lowest BCUT2D eigenvalue weighted by atomic mass is 10.1. The number of nitrogens with zero attached hydrogens (tertiary/aromatic N) is 1. The molecule has 7 nitrogen and oxygen atoms in total. The van der Waals surface area contributed by atoms with Crippen LogP contribution in [0, 0.1) is 10.1 Å². The summed E-state index contributed by atoms with van der Waals surface area (Å²) in [5.74, 6) is 0.696. The molecule has 0 aliphatic rings. The van der Waals surface area contributed by atoms with Gasteiger partial charge in [0, 0.05) is 18.7 Å². The fourth-order valence-corrected chi connectivity index (χ4v) is 3.09. The largest absolute Gasteiger partial charge is 0.496 e. The maximum atomic E-state index is 12.1. The number of rotatable bonds is 7. The van der Waals surface area contributed by atoms with E-state index >= 15 is 0 Å². The SMILES string of the molecule is COc1ccccc1CCNS(=O)(=O)c1ccc([N+](=O)[O-])cc1. The smallest absolute Gasteiger partial charge is 0.269 e. The lowest BCUT2D eigenvalue weighted by Crippen LogP contribution is -2.26. The van der Waals surface area contributed by atoms with E-state index in [1.807, 2.05) is 18.2 Å². The van der Waals surface area contributed by atoms with Crippen molar-refractivity contribution in [2.45, 2.75) is 11.3 Å². The van der Waals surface area contributed by atoms with Crippen LogP contribution < -0.4 is 9.46 Å². The summed E-state index contributed by atoms with van der Waals surface area (Å²) >= 11 is 0. The molecule has 2 rings (SSSR count). The molecule has 0 spiro atoms. The summed E-state index contributed by atoms with van der Waals surface area (Å²) in [6.45, 7) is 0.194. The van der Waals surface area contributed by atoms with E-state index in [2.05, 4.69) is 4.72 Å². The molecular weight excluding hydrogens is 320 g/mol. The van der Waals surface area contributed by atoms with Crippen molar-refractivity contribution >= 4 is 15.7 Å². The van der Waals surface area contributed by atoms with E-state index in [1.165, 1.54) is 12.1 Å². The van der Waals surface area contributed by atoms with E-state index in [0.717, 1.165) is 17.7 Å². The first kappa shape index (κ1) is 16.9. The Morgan fingerprint density at radius 3 is 2.39 bits per heavy atom. The summed E-state index contributed by atoms with van der Waals surface area (Å²) in [5, 5.41) is 10.6. The van der Waals surface area contributed by atoms with Gasteiger partial charge in [0.25, 0.3) is 5.69 Å². The van der Waals surface area contributed by atoms with E-state index in [-0.39, 0.29) is 17.1 Å². The second-order valence-corrected chi connectivity index (χ2v) is 6.48. The van der Waals surface area contributed by atoms with Gasteiger partial charge < -0.3 is 4.74 Å². The van der Waals surface area contributed by atoms with Gasteiger partial charge in [-0.1, -0.05) is 18.2 Å². The second kappa shape index (κ2) is 7.21. The van der Waals surface area contributed by atoms with Gasteiger partial charge in [0.1, 0.15) is 5.75 Å². The number of benzene rings is 2. The van der Waals surface area contributed by atoms with Crippen LogP contribution in [-0.4, -0.2) is 27.0 Å². The fraction of sp³-hybridized carbons (Fsp3) is 0.200. The number of hydrogen-bond donors (Lipinski definition) is 1. The molecular formula is C15H16N2O5S. The van der Waals surface area contributed by atoms with Gasteiger partial charge in [-0.2, -0.15) is 0 Å². The first-order chi connectivity index (χ1) is 10.9. The Labute approximate surface area is 134 Å². The van der Waals surface area contributed by atoms with Crippen molar-refractivity contribution < 1.29 is 18.1 Å². The zero-order chi connectivity index (χ0) is 16.9. The normalized spacial score (nSPS) is 11.2. The van der Waals surface area contributed by atoms with E-state index < -0.39 is 14.9 Å². The van der Waals surface area contributed by atoms with Crippen LogP contribution in [0.1, 0.15) is 5.56 Å². The molecule has 0 bridgehead atoms. The molecule has 0 saturated carbocycles. The molecule has 0 amide bonds. The van der Waals surface area contributed by atoms with E-state index in [1.54, 1.807) is 13.2 Å². The van der Waals surface area contributed by atoms with Crippen molar-refractivity contribution in [3.63, 3.8) is 0 Å². The minimum absolute atomic E-state index is 0.0110. The highest BCUT2D eigenvalue weighted by atomic mass is 32.2. The summed E-state index contributed by atoms with van der Waals surface area (Å²) in [5.41, 5.74) is 0.736. The number of nitro groups is 1. The van der Waals surface area contributed by atoms with Crippen molar-refractivity contribution in [1.82, 2.24) is 4.72 Å². The molecule has 2 aromatic rings. The van der Waals surface area contributed by atoms with Crippen LogP contribution in [0.2, 0.25) is 0 Å². The molecule has 0 fully saturated rings. The van der Waals surface area contributed by atoms with E-state index in [4.69, 9.17) is 4.74 Å². The number of ether oxygens (including phenoxy) is 1. The number of nitrogens with one attached hydrogen (secondary N) is 1. The van der Waals surface area contributed by atoms with E-state index in [9.17, 15) is 18.5 Å². The van der Waals surface area contributed by atoms with Gasteiger partial charge in [-0.05, 0) is 30.2 Å². The van der Waals surface area contributed by atoms with Crippen LogP contribution in [0.4, 0.5) is 5.69 Å². The van der Waals surface area contributed by atoms with Crippen LogP contribution in [0.3, 0.4) is 0 Å². The van der Waals surface area contributed by atoms with Crippen molar-refractivity contribution in [2.75, 3.05) is 13.7 Å². The van der Waals surface area contributed by atoms with Gasteiger partial charge in [0.15, 0.2) is 0 Å². The summed E-state index contributed by atoms with van der Waals surface area (Å²) in [6.07, 6.45) is 0.468. The third-order valence-corrected chi connectivity index (χ3v) is 4.71. The molecule has 1 N–H and O–H groups in total. The van der Waals surface area contributed by atoms with Crippen LogP contribution in [0.15, 0.2) is 53.4 Å². The molecule has 0 aliphatic carbocycles. The molecule has 0 atom stereocenters. The van der Waals surface area contributed by atoms with Crippen LogP contribution in [-0.2, 0) is 16.4 Å². The maximum absolute atomic E-state index is 12.1. The summed E-state index contributed by atoms with van der Waals surface area (Å²) in [6, 6.07) is 12.1. The maximum Gasteiger partial charge on any atom is 0.269 e. The van der Waals surface area contributed by atoms with Crippen LogP contribution in [0.25, 0.3) is 0 Å². The van der Waals surface area contributed by atoms with Gasteiger partial charge in [-0.15, -0.1) is 0 Å². The molecule has 2 aromatic carbocycles. The van der Waals surface area contributed by atoms with Gasteiger partial charge in [0.2, 0.25) is 10.0 Å². The zero-order valence-corrected chi connectivity index (χ0v) is 13.2. The highest BCUT2D eigenvalue weighted by Gasteiger charge is 2.15.